The van der Waals surface area contributed by atoms with Crippen LogP contribution in [0.4, 0.5) is 0 Å². The summed E-state index contributed by atoms with van der Waals surface area (Å²) in [6.07, 6.45) is 0. The van der Waals surface area contributed by atoms with Crippen molar-refractivity contribution in [3.05, 3.63) is 48.5 Å². The molecule has 0 saturated carbocycles. The van der Waals surface area contributed by atoms with E-state index in [1.807, 2.05) is 12.1 Å². The van der Waals surface area contributed by atoms with E-state index in [-0.39, 0.29) is 5.04 Å². The molecule has 0 bridgehead atoms. The van der Waals surface area contributed by atoms with Gasteiger partial charge in [0.2, 0.25) is 0 Å². The highest BCUT2D eigenvalue weighted by molar-refractivity contribution is 7.21. The molecule has 23 heavy (non-hydrogen) atoms. The van der Waals surface area contributed by atoms with Crippen molar-refractivity contribution in [2.45, 2.75) is 38.9 Å². The van der Waals surface area contributed by atoms with E-state index in [0.29, 0.717) is 0 Å². The van der Waals surface area contributed by atoms with Crippen molar-refractivity contribution in [2.24, 2.45) is 0 Å². The van der Waals surface area contributed by atoms with Gasteiger partial charge in [0.05, 0.1) is 15.8 Å². The molecule has 0 aliphatic heterocycles. The van der Waals surface area contributed by atoms with E-state index in [9.17, 15) is 0 Å². The van der Waals surface area contributed by atoms with Crippen molar-refractivity contribution in [1.82, 2.24) is 4.98 Å². The zero-order valence-electron chi connectivity index (χ0n) is 14.4. The molecule has 0 radical (unpaired) electrons. The number of rotatable bonds is 3. The van der Waals surface area contributed by atoms with Gasteiger partial charge in [0.25, 0.3) is 8.32 Å². The quantitative estimate of drug-likeness (QED) is 0.518. The van der Waals surface area contributed by atoms with Gasteiger partial charge in [0.15, 0.2) is 0 Å². The van der Waals surface area contributed by atoms with Gasteiger partial charge in [-0.1, -0.05) is 45.0 Å². The molecule has 0 atom stereocenters. The summed E-state index contributed by atoms with van der Waals surface area (Å²) in [7, 11) is -1.87. The van der Waals surface area contributed by atoms with E-state index in [1.165, 1.54) is 4.70 Å². The molecule has 0 unspecified atom stereocenters. The van der Waals surface area contributed by atoms with Crippen molar-refractivity contribution in [1.29, 1.82) is 0 Å². The fourth-order valence-corrected chi connectivity index (χ4v) is 4.18. The highest BCUT2D eigenvalue weighted by Gasteiger charge is 2.39. The minimum atomic E-state index is -1.87. The molecule has 0 aliphatic carbocycles. The van der Waals surface area contributed by atoms with E-state index in [2.05, 4.69) is 70.3 Å². The predicted molar refractivity (Wildman–Crippen MR) is 103 cm³/mol. The number of hydrogen-bond donors (Lipinski definition) is 0. The largest absolute Gasteiger partial charge is 0.543 e. The highest BCUT2D eigenvalue weighted by atomic mass is 32.1. The molecule has 120 valence electrons. The summed E-state index contributed by atoms with van der Waals surface area (Å²) >= 11 is 1.72. The van der Waals surface area contributed by atoms with Gasteiger partial charge in [0, 0.05) is 0 Å². The van der Waals surface area contributed by atoms with E-state index < -0.39 is 8.32 Å². The lowest BCUT2D eigenvalue weighted by atomic mass is 10.2. The molecule has 3 aromatic rings. The number of nitrogens with zero attached hydrogens (tertiary/aromatic N) is 1. The summed E-state index contributed by atoms with van der Waals surface area (Å²) in [4.78, 5) is 4.79. The van der Waals surface area contributed by atoms with Crippen molar-refractivity contribution in [3.8, 4) is 16.3 Å². The Kier molecular flexibility index (Phi) is 4.06. The molecule has 2 aromatic carbocycles. The van der Waals surface area contributed by atoms with Crippen LogP contribution in [0.3, 0.4) is 0 Å². The summed E-state index contributed by atoms with van der Waals surface area (Å²) in [5.74, 6) is 0.957. The average molecular weight is 342 g/mol. The fraction of sp³-hybridized carbons (Fsp3) is 0.316. The Hall–Kier alpha value is -1.65. The maximum atomic E-state index is 6.55. The van der Waals surface area contributed by atoms with E-state index >= 15 is 0 Å². The van der Waals surface area contributed by atoms with Crippen molar-refractivity contribution >= 4 is 29.9 Å². The lowest BCUT2D eigenvalue weighted by molar-refractivity contribution is 0.493. The Morgan fingerprint density at radius 2 is 1.61 bits per heavy atom. The first-order chi connectivity index (χ1) is 10.8. The van der Waals surface area contributed by atoms with Crippen LogP contribution in [0.5, 0.6) is 5.75 Å². The average Bonchev–Trinajstić information content (AvgIpc) is 2.90. The van der Waals surface area contributed by atoms with Gasteiger partial charge in [0.1, 0.15) is 10.8 Å². The van der Waals surface area contributed by atoms with Crippen LogP contribution in [0, 0.1) is 0 Å². The third-order valence-electron chi connectivity index (χ3n) is 4.58. The Labute approximate surface area is 143 Å². The van der Waals surface area contributed by atoms with Crippen LogP contribution in [0.2, 0.25) is 18.1 Å². The molecule has 1 heterocycles. The van der Waals surface area contributed by atoms with Crippen molar-refractivity contribution in [2.75, 3.05) is 0 Å². The van der Waals surface area contributed by atoms with Gasteiger partial charge >= 0.3 is 0 Å². The minimum absolute atomic E-state index is 0.174. The number of thiazole rings is 1. The van der Waals surface area contributed by atoms with Gasteiger partial charge in [-0.2, -0.15) is 0 Å². The molecule has 0 N–H and O–H groups in total. The van der Waals surface area contributed by atoms with Gasteiger partial charge < -0.3 is 4.43 Å². The Morgan fingerprint density at radius 1 is 0.957 bits per heavy atom. The van der Waals surface area contributed by atoms with Gasteiger partial charge in [-0.25, -0.2) is 4.98 Å². The second-order valence-corrected chi connectivity index (χ2v) is 13.1. The van der Waals surface area contributed by atoms with E-state index in [4.69, 9.17) is 9.41 Å². The smallest absolute Gasteiger partial charge is 0.250 e. The fourth-order valence-electron chi connectivity index (χ4n) is 2.15. The molecular weight excluding hydrogens is 318 g/mol. The molecule has 1 aromatic heterocycles. The zero-order valence-corrected chi connectivity index (χ0v) is 16.2. The monoisotopic (exact) mass is 341 g/mol. The molecule has 0 saturated heterocycles. The number of hydrogen-bond acceptors (Lipinski definition) is 3. The van der Waals surface area contributed by atoms with Crippen LogP contribution in [-0.2, 0) is 0 Å². The first-order valence-electron chi connectivity index (χ1n) is 7.92. The summed E-state index contributed by atoms with van der Waals surface area (Å²) in [5.41, 5.74) is 2.15. The normalized spacial score (nSPS) is 12.6. The number of fused-ring (bicyclic) bond motifs is 1. The third-order valence-corrected chi connectivity index (χ3v) is 9.99. The topological polar surface area (TPSA) is 22.1 Å². The first-order valence-corrected chi connectivity index (χ1v) is 11.6. The molecule has 0 amide bonds. The van der Waals surface area contributed by atoms with Crippen LogP contribution in [0.25, 0.3) is 20.8 Å². The zero-order chi connectivity index (χ0) is 16.7. The lowest BCUT2D eigenvalue weighted by Crippen LogP contribution is -2.43. The maximum Gasteiger partial charge on any atom is 0.250 e. The van der Waals surface area contributed by atoms with Crippen molar-refractivity contribution < 1.29 is 4.43 Å². The van der Waals surface area contributed by atoms with Crippen LogP contribution >= 0.6 is 11.3 Å². The number of benzene rings is 2. The summed E-state index contributed by atoms with van der Waals surface area (Å²) in [6, 6.07) is 16.5. The van der Waals surface area contributed by atoms with Crippen LogP contribution in [-0.4, -0.2) is 13.3 Å². The molecule has 0 fully saturated rings. The van der Waals surface area contributed by atoms with Crippen molar-refractivity contribution in [3.63, 3.8) is 0 Å². The van der Waals surface area contributed by atoms with E-state index in [1.54, 1.807) is 11.3 Å². The van der Waals surface area contributed by atoms with Crippen LogP contribution in [0.1, 0.15) is 20.8 Å². The van der Waals surface area contributed by atoms with Gasteiger partial charge in [-0.05, 0) is 42.4 Å². The predicted octanol–water partition coefficient (Wildman–Crippen LogP) is 6.35. The standard InChI is InChI=1S/C19H23NOSSi/c1-19(2,3)23(4,5)21-16-12-8-6-10-14(16)18-20-15-11-7-9-13-17(15)22-18/h6-13H,1-5H3. The Balaban J connectivity index is 2.04. The van der Waals surface area contributed by atoms with Crippen LogP contribution in [0.15, 0.2) is 48.5 Å². The number of para-hydroxylation sites is 2. The Morgan fingerprint density at radius 3 is 2.30 bits per heavy atom. The minimum Gasteiger partial charge on any atom is -0.543 e. The highest BCUT2D eigenvalue weighted by Crippen LogP contribution is 2.41. The Bertz CT molecular complexity index is 800. The lowest BCUT2D eigenvalue weighted by Gasteiger charge is -2.36. The second-order valence-electron chi connectivity index (χ2n) is 7.35. The summed E-state index contributed by atoms with van der Waals surface area (Å²) in [5, 5.41) is 1.20. The first kappa shape index (κ1) is 16.2. The molecule has 3 rings (SSSR count). The summed E-state index contributed by atoms with van der Waals surface area (Å²) < 4.78 is 7.77. The van der Waals surface area contributed by atoms with Gasteiger partial charge in [-0.3, -0.25) is 0 Å². The van der Waals surface area contributed by atoms with Gasteiger partial charge in [-0.15, -0.1) is 11.3 Å². The summed E-state index contributed by atoms with van der Waals surface area (Å²) in [6.45, 7) is 11.4. The van der Waals surface area contributed by atoms with Crippen LogP contribution < -0.4 is 4.43 Å². The number of aromatic nitrogens is 1. The second kappa shape index (κ2) is 5.76. The molecule has 2 nitrogen and oxygen atoms in total. The molecule has 0 spiro atoms. The molecular formula is C19H23NOSSi. The van der Waals surface area contributed by atoms with E-state index in [0.717, 1.165) is 21.8 Å². The maximum absolute atomic E-state index is 6.55. The SMILES string of the molecule is CC(C)(C)[Si](C)(C)Oc1ccccc1-c1nc2ccccc2s1. The molecule has 0 aliphatic rings. The molecule has 4 heteroatoms. The third kappa shape index (κ3) is 3.19.